The molecule has 0 amide bonds. The monoisotopic (exact) mass is 529 g/mol. The summed E-state index contributed by atoms with van der Waals surface area (Å²) in [5.74, 6) is -1.90. The quantitative estimate of drug-likeness (QED) is 0.152. The number of ether oxygens (including phenoxy) is 3. The maximum Gasteiger partial charge on any atom is 0.426 e. The Bertz CT molecular complexity index is 774. The first-order valence-electron chi connectivity index (χ1n) is 10.7. The van der Waals surface area contributed by atoms with Crippen LogP contribution in [0.25, 0.3) is 0 Å². The minimum atomic E-state index is -4.10. The molecule has 0 aliphatic rings. The lowest BCUT2D eigenvalue weighted by Crippen LogP contribution is -2.49. The van der Waals surface area contributed by atoms with E-state index in [1.54, 1.807) is 0 Å². The summed E-state index contributed by atoms with van der Waals surface area (Å²) >= 11 is 0. The fraction of sp³-hybridized carbons (Fsp3) is 0.818. The molecule has 13 heteroatoms. The summed E-state index contributed by atoms with van der Waals surface area (Å²) < 4.78 is 39.9. The highest BCUT2D eigenvalue weighted by molar-refractivity contribution is 7.81. The molecule has 0 aromatic heterocycles. The number of carbonyl (C=O) groups excluding carboxylic acids is 3. The Morgan fingerprint density at radius 2 is 1.06 bits per heavy atom. The molecule has 0 heterocycles. The van der Waals surface area contributed by atoms with E-state index in [0.29, 0.717) is 0 Å². The van der Waals surface area contributed by atoms with Crippen LogP contribution in [0.3, 0.4) is 0 Å². The van der Waals surface area contributed by atoms with E-state index in [0.717, 1.165) is 7.11 Å². The number of hydrogen-bond acceptors (Lipinski definition) is 12. The topological polar surface area (TPSA) is 176 Å². The normalized spacial score (nSPS) is 11.7. The molecule has 0 fully saturated rings. The van der Waals surface area contributed by atoms with Crippen molar-refractivity contribution in [1.29, 1.82) is 5.26 Å². The van der Waals surface area contributed by atoms with Crippen molar-refractivity contribution < 1.29 is 52.2 Å². The molecule has 0 aliphatic carbocycles. The van der Waals surface area contributed by atoms with Gasteiger partial charge in [0.1, 0.15) is 0 Å². The van der Waals surface area contributed by atoms with Crippen LogP contribution in [0.15, 0.2) is 0 Å². The third-order valence-corrected chi connectivity index (χ3v) is 6.28. The van der Waals surface area contributed by atoms with Gasteiger partial charge in [-0.1, -0.05) is 59.7 Å². The number of nitriles is 1. The molecule has 208 valence electrons. The van der Waals surface area contributed by atoms with Crippen LogP contribution in [0.4, 0.5) is 0 Å². The molecule has 0 saturated carbocycles. The van der Waals surface area contributed by atoms with Crippen LogP contribution in [0, 0.1) is 45.8 Å². The highest BCUT2D eigenvalue weighted by atomic mass is 32.3. The van der Waals surface area contributed by atoms with Gasteiger partial charge >= 0.3 is 28.3 Å². The van der Waals surface area contributed by atoms with Crippen molar-refractivity contribution in [2.45, 2.75) is 55.4 Å². The molecule has 0 radical (unpaired) electrons. The van der Waals surface area contributed by atoms with Gasteiger partial charge in [0, 0.05) is 1.43 Å². The van der Waals surface area contributed by atoms with Gasteiger partial charge in [0.2, 0.25) is 0 Å². The number of carbonyl (C=O) groups is 3. The Balaban J connectivity index is -0.000000223. The van der Waals surface area contributed by atoms with Gasteiger partial charge in [-0.15, -0.1) is 0 Å². The molecule has 0 spiro atoms. The molecule has 12 nitrogen and oxygen atoms in total. The second kappa shape index (κ2) is 16.4. The first-order chi connectivity index (χ1) is 15.9. The number of esters is 3. The molecule has 0 bridgehead atoms. The van der Waals surface area contributed by atoms with Crippen LogP contribution >= 0.6 is 0 Å². The lowest BCUT2D eigenvalue weighted by atomic mass is 9.69. The Morgan fingerprint density at radius 1 is 0.743 bits per heavy atom. The zero-order chi connectivity index (χ0) is 28.8. The fourth-order valence-corrected chi connectivity index (χ4v) is 3.73. The van der Waals surface area contributed by atoms with E-state index in [1.807, 2.05) is 55.4 Å². The molecule has 0 atom stereocenters. The van der Waals surface area contributed by atoms with Gasteiger partial charge in [-0.05, 0) is 23.7 Å². The average molecular weight is 530 g/mol. The smallest absolute Gasteiger partial charge is 0.426 e. The van der Waals surface area contributed by atoms with Crippen LogP contribution < -0.4 is 0 Å². The SMILES string of the molecule is COC(=O)C(C#N)(C(C)C)C(C)C.COC(=O)C(C(=O)OC)(C(C)C)C(C)C.COS(=O)(=O)OO.[HH]. The zero-order valence-electron chi connectivity index (χ0n) is 22.7. The minimum Gasteiger partial charge on any atom is -0.468 e. The van der Waals surface area contributed by atoms with Crippen LogP contribution in [0.2, 0.25) is 0 Å². The van der Waals surface area contributed by atoms with E-state index in [9.17, 15) is 22.8 Å². The third kappa shape index (κ3) is 9.36. The fourth-order valence-electron chi connectivity index (χ4n) is 3.67. The van der Waals surface area contributed by atoms with Crippen molar-refractivity contribution in [2.24, 2.45) is 34.5 Å². The van der Waals surface area contributed by atoms with Crippen molar-refractivity contribution in [3.63, 3.8) is 0 Å². The second-order valence-electron chi connectivity index (χ2n) is 8.59. The van der Waals surface area contributed by atoms with E-state index in [2.05, 4.69) is 19.3 Å². The molecule has 0 aromatic carbocycles. The lowest BCUT2D eigenvalue weighted by molar-refractivity contribution is -0.177. The van der Waals surface area contributed by atoms with Crippen molar-refractivity contribution in [3.8, 4) is 6.07 Å². The van der Waals surface area contributed by atoms with Gasteiger partial charge in [0.25, 0.3) is 0 Å². The van der Waals surface area contributed by atoms with Gasteiger partial charge in [-0.2, -0.15) is 13.7 Å². The van der Waals surface area contributed by atoms with Crippen LogP contribution in [-0.4, -0.2) is 60.0 Å². The molecule has 0 rings (SSSR count). The molecule has 35 heavy (non-hydrogen) atoms. The lowest BCUT2D eigenvalue weighted by Gasteiger charge is -2.35. The Labute approximate surface area is 210 Å². The molecule has 1 N–H and O–H groups in total. The molecule has 0 aromatic rings. The summed E-state index contributed by atoms with van der Waals surface area (Å²) in [6.45, 7) is 14.7. The maximum absolute atomic E-state index is 11.8. The zero-order valence-corrected chi connectivity index (χ0v) is 23.5. The molecular formula is C22H43NO11S. The van der Waals surface area contributed by atoms with Gasteiger partial charge in [0.15, 0.2) is 10.8 Å². The van der Waals surface area contributed by atoms with Gasteiger partial charge in [0.05, 0.1) is 34.5 Å². The van der Waals surface area contributed by atoms with E-state index in [4.69, 9.17) is 20.0 Å². The number of hydrogen-bond donors (Lipinski definition) is 1. The van der Waals surface area contributed by atoms with Gasteiger partial charge in [-0.3, -0.25) is 14.4 Å². The minimum absolute atomic E-state index is 0. The Morgan fingerprint density at radius 3 is 1.14 bits per heavy atom. The second-order valence-corrected chi connectivity index (χ2v) is 9.89. The van der Waals surface area contributed by atoms with E-state index < -0.39 is 39.1 Å². The predicted octanol–water partition coefficient (Wildman–Crippen LogP) is 3.23. The molecule has 0 aliphatic heterocycles. The molecule has 0 unspecified atom stereocenters. The Kier molecular flexibility index (Phi) is 17.5. The number of methoxy groups -OCH3 is 3. The van der Waals surface area contributed by atoms with Gasteiger partial charge in [-0.25, -0.2) is 9.44 Å². The van der Waals surface area contributed by atoms with Crippen molar-refractivity contribution in [1.82, 2.24) is 0 Å². The van der Waals surface area contributed by atoms with Crippen molar-refractivity contribution in [2.75, 3.05) is 28.4 Å². The summed E-state index contributed by atoms with van der Waals surface area (Å²) in [5.41, 5.74) is -2.21. The van der Waals surface area contributed by atoms with E-state index >= 15 is 0 Å². The predicted molar refractivity (Wildman–Crippen MR) is 128 cm³/mol. The first-order valence-corrected chi connectivity index (χ1v) is 12.0. The standard InChI is InChI=1S/C11H20O4.C10H17NO2.CH4O5S.H2/c1-7(2)11(8(3)4,9(12)14-5)10(13)15-6;1-7(2)10(6-11,8(3)4)9(12)13-5;1-5-7(3,4)6-2;/h7-8H,1-6H3;7-8H,1-5H3;2H,1H3;1H. The summed E-state index contributed by atoms with van der Waals surface area (Å²) in [5, 5.41) is 16.4. The van der Waals surface area contributed by atoms with E-state index in [1.165, 1.54) is 21.3 Å². The Hall–Kier alpha value is -2.27. The highest BCUT2D eigenvalue weighted by Gasteiger charge is 2.53. The average Bonchev–Trinajstić information content (AvgIpc) is 2.79. The number of nitrogens with zero attached hydrogens (tertiary/aromatic N) is 1. The number of rotatable bonds is 9. The molecular weight excluding hydrogens is 486 g/mol. The maximum atomic E-state index is 11.8. The van der Waals surface area contributed by atoms with E-state index in [-0.39, 0.29) is 25.1 Å². The third-order valence-electron chi connectivity index (χ3n) is 5.69. The summed E-state index contributed by atoms with van der Waals surface area (Å²) in [4.78, 5) is 35.1. The summed E-state index contributed by atoms with van der Waals surface area (Å²) in [6, 6.07) is 2.09. The van der Waals surface area contributed by atoms with Crippen LogP contribution in [0.1, 0.15) is 56.8 Å². The highest BCUT2D eigenvalue weighted by Crippen LogP contribution is 2.38. The first kappa shape index (κ1) is 37.3. The summed E-state index contributed by atoms with van der Waals surface area (Å²) in [7, 11) is 0.648. The van der Waals surface area contributed by atoms with Crippen LogP contribution in [0.5, 0.6) is 0 Å². The van der Waals surface area contributed by atoms with Gasteiger partial charge < -0.3 is 14.2 Å². The largest absolute Gasteiger partial charge is 0.468 e. The van der Waals surface area contributed by atoms with Crippen molar-refractivity contribution >= 4 is 28.3 Å². The summed E-state index contributed by atoms with van der Waals surface area (Å²) in [6.07, 6.45) is 0. The van der Waals surface area contributed by atoms with Crippen molar-refractivity contribution in [3.05, 3.63) is 0 Å². The molecule has 0 saturated heterocycles. The van der Waals surface area contributed by atoms with Crippen LogP contribution in [-0.2, 0) is 47.5 Å².